The van der Waals surface area contributed by atoms with Crippen LogP contribution >= 0.6 is 0 Å². The molecule has 1 aliphatic rings. The Balaban J connectivity index is 2.11. The SMILES string of the molecule is C=CCCC[C@@H]1CCC[C@H](CCCCC)N1. The minimum absolute atomic E-state index is 0.792. The van der Waals surface area contributed by atoms with E-state index in [-0.39, 0.29) is 0 Å². The van der Waals surface area contributed by atoms with Gasteiger partial charge in [-0.25, -0.2) is 0 Å². The van der Waals surface area contributed by atoms with Crippen molar-refractivity contribution in [3.8, 4) is 0 Å². The van der Waals surface area contributed by atoms with Crippen molar-refractivity contribution in [3.63, 3.8) is 0 Å². The molecule has 1 N–H and O–H groups in total. The zero-order valence-electron chi connectivity index (χ0n) is 11.0. The summed E-state index contributed by atoms with van der Waals surface area (Å²) in [5.74, 6) is 0. The van der Waals surface area contributed by atoms with Gasteiger partial charge >= 0.3 is 0 Å². The second kappa shape index (κ2) is 8.81. The van der Waals surface area contributed by atoms with E-state index < -0.39 is 0 Å². The lowest BCUT2D eigenvalue weighted by Crippen LogP contribution is -2.42. The molecular weight excluding hydrogens is 194 g/mol. The van der Waals surface area contributed by atoms with Crippen molar-refractivity contribution >= 4 is 0 Å². The summed E-state index contributed by atoms with van der Waals surface area (Å²) in [5, 5.41) is 3.84. The van der Waals surface area contributed by atoms with Gasteiger partial charge in [-0.1, -0.05) is 38.7 Å². The smallest absolute Gasteiger partial charge is 0.00697 e. The summed E-state index contributed by atoms with van der Waals surface area (Å²) in [6.07, 6.45) is 15.7. The van der Waals surface area contributed by atoms with Crippen LogP contribution in [0.3, 0.4) is 0 Å². The van der Waals surface area contributed by atoms with Crippen LogP contribution in [0.1, 0.15) is 71.1 Å². The van der Waals surface area contributed by atoms with E-state index in [1.807, 2.05) is 6.08 Å². The van der Waals surface area contributed by atoms with Gasteiger partial charge in [0.25, 0.3) is 0 Å². The second-order valence-corrected chi connectivity index (χ2v) is 5.21. The average Bonchev–Trinajstić information content (AvgIpc) is 2.30. The van der Waals surface area contributed by atoms with Gasteiger partial charge in [0.1, 0.15) is 0 Å². The third-order valence-electron chi connectivity index (χ3n) is 3.69. The summed E-state index contributed by atoms with van der Waals surface area (Å²) >= 11 is 0. The quantitative estimate of drug-likeness (QED) is 0.474. The zero-order chi connectivity index (χ0) is 11.6. The number of hydrogen-bond donors (Lipinski definition) is 1. The molecular formula is C15H29N. The molecule has 1 heteroatoms. The van der Waals surface area contributed by atoms with Crippen LogP contribution in [0.25, 0.3) is 0 Å². The maximum Gasteiger partial charge on any atom is 0.00697 e. The highest BCUT2D eigenvalue weighted by atomic mass is 15.0. The maximum absolute atomic E-state index is 3.84. The van der Waals surface area contributed by atoms with Crippen LogP contribution in [0.2, 0.25) is 0 Å². The molecule has 1 heterocycles. The second-order valence-electron chi connectivity index (χ2n) is 5.21. The van der Waals surface area contributed by atoms with E-state index in [1.54, 1.807) is 0 Å². The zero-order valence-corrected chi connectivity index (χ0v) is 11.0. The molecule has 1 aliphatic heterocycles. The van der Waals surface area contributed by atoms with E-state index in [2.05, 4.69) is 18.8 Å². The molecule has 0 radical (unpaired) electrons. The van der Waals surface area contributed by atoms with Crippen LogP contribution in [0.15, 0.2) is 12.7 Å². The van der Waals surface area contributed by atoms with Gasteiger partial charge in [-0.2, -0.15) is 0 Å². The normalized spacial score (nSPS) is 25.6. The van der Waals surface area contributed by atoms with E-state index in [4.69, 9.17) is 0 Å². The van der Waals surface area contributed by atoms with E-state index in [0.29, 0.717) is 0 Å². The number of hydrogen-bond acceptors (Lipinski definition) is 1. The van der Waals surface area contributed by atoms with Crippen molar-refractivity contribution in [2.75, 3.05) is 0 Å². The fourth-order valence-electron chi connectivity index (χ4n) is 2.72. The minimum Gasteiger partial charge on any atom is -0.311 e. The fourth-order valence-corrected chi connectivity index (χ4v) is 2.72. The van der Waals surface area contributed by atoms with Gasteiger partial charge in [-0.15, -0.1) is 6.58 Å². The Labute approximate surface area is 102 Å². The molecule has 0 unspecified atom stereocenters. The van der Waals surface area contributed by atoms with Crippen LogP contribution in [0.5, 0.6) is 0 Å². The molecule has 1 nitrogen and oxygen atoms in total. The van der Waals surface area contributed by atoms with Gasteiger partial charge in [0.2, 0.25) is 0 Å². The Morgan fingerprint density at radius 1 is 1.12 bits per heavy atom. The Hall–Kier alpha value is -0.300. The molecule has 1 fully saturated rings. The molecule has 0 aromatic heterocycles. The lowest BCUT2D eigenvalue weighted by molar-refractivity contribution is 0.289. The predicted octanol–water partition coefficient (Wildman–Crippen LogP) is 4.43. The molecule has 0 bridgehead atoms. The lowest BCUT2D eigenvalue weighted by Gasteiger charge is -2.31. The molecule has 1 saturated heterocycles. The summed E-state index contributed by atoms with van der Waals surface area (Å²) in [6, 6.07) is 1.61. The van der Waals surface area contributed by atoms with Gasteiger partial charge in [0.15, 0.2) is 0 Å². The van der Waals surface area contributed by atoms with E-state index in [1.165, 1.54) is 64.2 Å². The molecule has 1 rings (SSSR count). The van der Waals surface area contributed by atoms with Crippen molar-refractivity contribution in [2.24, 2.45) is 0 Å². The van der Waals surface area contributed by atoms with Gasteiger partial charge in [0.05, 0.1) is 0 Å². The summed E-state index contributed by atoms with van der Waals surface area (Å²) in [7, 11) is 0. The third-order valence-corrected chi connectivity index (χ3v) is 3.69. The Morgan fingerprint density at radius 3 is 2.44 bits per heavy atom. The highest BCUT2D eigenvalue weighted by Gasteiger charge is 2.19. The molecule has 16 heavy (non-hydrogen) atoms. The molecule has 94 valence electrons. The predicted molar refractivity (Wildman–Crippen MR) is 72.8 cm³/mol. The molecule has 0 spiro atoms. The van der Waals surface area contributed by atoms with Crippen LogP contribution < -0.4 is 5.32 Å². The first-order valence-electron chi connectivity index (χ1n) is 7.23. The first-order chi connectivity index (χ1) is 7.86. The van der Waals surface area contributed by atoms with Gasteiger partial charge in [-0.3, -0.25) is 0 Å². The summed E-state index contributed by atoms with van der Waals surface area (Å²) in [5.41, 5.74) is 0. The topological polar surface area (TPSA) is 12.0 Å². The van der Waals surface area contributed by atoms with Crippen molar-refractivity contribution in [3.05, 3.63) is 12.7 Å². The third kappa shape index (κ3) is 5.69. The Bertz CT molecular complexity index is 176. The highest BCUT2D eigenvalue weighted by molar-refractivity contribution is 4.81. The molecule has 2 atom stereocenters. The number of unbranched alkanes of at least 4 members (excludes halogenated alkanes) is 3. The lowest BCUT2D eigenvalue weighted by atomic mass is 9.92. The summed E-state index contributed by atoms with van der Waals surface area (Å²) < 4.78 is 0. The number of allylic oxidation sites excluding steroid dienone is 1. The van der Waals surface area contributed by atoms with Crippen molar-refractivity contribution in [2.45, 2.75) is 83.2 Å². The van der Waals surface area contributed by atoms with E-state index in [0.717, 1.165) is 12.1 Å². The minimum atomic E-state index is 0.792. The number of rotatable bonds is 8. The van der Waals surface area contributed by atoms with Gasteiger partial charge in [-0.05, 0) is 38.5 Å². The first kappa shape index (κ1) is 13.8. The molecule has 0 aromatic rings. The number of nitrogens with one attached hydrogen (secondary N) is 1. The van der Waals surface area contributed by atoms with Crippen LogP contribution in [0.4, 0.5) is 0 Å². The number of piperidine rings is 1. The monoisotopic (exact) mass is 223 g/mol. The largest absolute Gasteiger partial charge is 0.311 e. The van der Waals surface area contributed by atoms with Gasteiger partial charge in [0, 0.05) is 12.1 Å². The average molecular weight is 223 g/mol. The Kier molecular flexibility index (Phi) is 7.58. The molecule has 0 aliphatic carbocycles. The fraction of sp³-hybridized carbons (Fsp3) is 0.867. The van der Waals surface area contributed by atoms with Crippen LogP contribution in [-0.4, -0.2) is 12.1 Å². The first-order valence-corrected chi connectivity index (χ1v) is 7.23. The van der Waals surface area contributed by atoms with E-state index >= 15 is 0 Å². The van der Waals surface area contributed by atoms with Crippen LogP contribution in [-0.2, 0) is 0 Å². The maximum atomic E-state index is 3.84. The highest BCUT2D eigenvalue weighted by Crippen LogP contribution is 2.20. The molecule has 0 amide bonds. The van der Waals surface area contributed by atoms with Crippen LogP contribution in [0, 0.1) is 0 Å². The van der Waals surface area contributed by atoms with E-state index in [9.17, 15) is 0 Å². The van der Waals surface area contributed by atoms with Crippen molar-refractivity contribution < 1.29 is 0 Å². The molecule has 0 saturated carbocycles. The Morgan fingerprint density at radius 2 is 1.81 bits per heavy atom. The standard InChI is InChI=1S/C15H29N/c1-3-5-7-10-14-12-9-13-15(16-14)11-8-6-4-2/h3,14-16H,1,4-13H2,2H3/t14-,15+/m1/s1. The van der Waals surface area contributed by atoms with Gasteiger partial charge < -0.3 is 5.32 Å². The van der Waals surface area contributed by atoms with Crippen molar-refractivity contribution in [1.82, 2.24) is 5.32 Å². The summed E-state index contributed by atoms with van der Waals surface area (Å²) in [6.45, 7) is 6.07. The summed E-state index contributed by atoms with van der Waals surface area (Å²) in [4.78, 5) is 0. The molecule has 0 aromatic carbocycles. The van der Waals surface area contributed by atoms with Crippen molar-refractivity contribution in [1.29, 1.82) is 0 Å².